The van der Waals surface area contributed by atoms with E-state index in [9.17, 15) is 13.2 Å². The van der Waals surface area contributed by atoms with Crippen LogP contribution in [0.1, 0.15) is 81.1 Å². The van der Waals surface area contributed by atoms with Crippen LogP contribution < -0.4 is 4.90 Å². The molecule has 1 aliphatic heterocycles. The molecule has 6 heteroatoms. The Morgan fingerprint density at radius 3 is 1.69 bits per heavy atom. The Morgan fingerprint density at radius 1 is 0.667 bits per heavy atom. The van der Waals surface area contributed by atoms with Gasteiger partial charge < -0.3 is 4.90 Å². The van der Waals surface area contributed by atoms with Crippen molar-refractivity contribution in [1.29, 1.82) is 0 Å². The number of nitrogens with zero attached hydrogens (tertiary/aromatic N) is 2. The maximum Gasteiger partial charge on any atom is 0.416 e. The fourth-order valence-electron chi connectivity index (χ4n) is 6.74. The van der Waals surface area contributed by atoms with E-state index in [1.54, 1.807) is 0 Å². The molecule has 0 N–H and O–H groups in total. The molecule has 1 unspecified atom stereocenters. The molecule has 196 valence electrons. The van der Waals surface area contributed by atoms with Gasteiger partial charge in [0.1, 0.15) is 0 Å². The molecule has 5 rings (SSSR count). The van der Waals surface area contributed by atoms with Crippen LogP contribution in [0.15, 0.2) is 54.6 Å². The fraction of sp³-hybridized carbons (Fsp3) is 0.600. The number of hydrogen-bond donors (Lipinski definition) is 0. The summed E-state index contributed by atoms with van der Waals surface area (Å²) in [5.41, 5.74) is 3.36. The Balaban J connectivity index is 1.45. The number of alkyl halides is 3. The van der Waals surface area contributed by atoms with Gasteiger partial charge in [-0.15, -0.1) is 0 Å². The van der Waals surface area contributed by atoms with Gasteiger partial charge in [0.25, 0.3) is 0 Å². The molecule has 2 aromatic carbocycles. The number of rotatable bonds is 6. The molecular weight excluding hydrogens is 476 g/mol. The minimum absolute atomic E-state index is 0.270. The third kappa shape index (κ3) is 6.10. The summed E-state index contributed by atoms with van der Waals surface area (Å²) in [6.07, 6.45) is 8.90. The number of piperazine rings is 1. The summed E-state index contributed by atoms with van der Waals surface area (Å²) in [6, 6.07) is 16.9. The van der Waals surface area contributed by atoms with E-state index in [0.717, 1.165) is 43.1 Å². The van der Waals surface area contributed by atoms with Crippen molar-refractivity contribution in [3.05, 3.63) is 65.7 Å². The highest BCUT2D eigenvalue weighted by molar-refractivity contribution is 7.59. The lowest BCUT2D eigenvalue weighted by molar-refractivity contribution is -0.137. The maximum absolute atomic E-state index is 13.4. The third-order valence-electron chi connectivity index (χ3n) is 8.59. The zero-order chi connectivity index (χ0) is 25.0. The van der Waals surface area contributed by atoms with E-state index in [1.807, 2.05) is 12.1 Å². The van der Waals surface area contributed by atoms with Crippen LogP contribution in [0.25, 0.3) is 0 Å². The average Bonchev–Trinajstić information content (AvgIpc) is 2.93. The van der Waals surface area contributed by atoms with Crippen LogP contribution in [-0.2, 0) is 6.18 Å². The summed E-state index contributed by atoms with van der Waals surface area (Å²) in [6.45, 7) is 3.89. The molecule has 0 radical (unpaired) electrons. The van der Waals surface area contributed by atoms with Crippen molar-refractivity contribution in [2.75, 3.05) is 31.1 Å². The van der Waals surface area contributed by atoms with E-state index in [2.05, 4.69) is 40.1 Å². The largest absolute Gasteiger partial charge is 0.416 e. The normalized spacial score (nSPS) is 22.2. The van der Waals surface area contributed by atoms with Gasteiger partial charge in [0.15, 0.2) is 0 Å². The van der Waals surface area contributed by atoms with Crippen molar-refractivity contribution in [2.24, 2.45) is 0 Å². The molecule has 0 bridgehead atoms. The number of benzene rings is 2. The molecular formula is C30H40F3N2P. The second-order valence-corrected chi connectivity index (χ2v) is 13.7. The van der Waals surface area contributed by atoms with E-state index < -0.39 is 11.7 Å². The van der Waals surface area contributed by atoms with Crippen molar-refractivity contribution in [3.8, 4) is 0 Å². The van der Waals surface area contributed by atoms with Crippen LogP contribution in [0, 0.1) is 0 Å². The Morgan fingerprint density at radius 2 is 1.19 bits per heavy atom. The summed E-state index contributed by atoms with van der Waals surface area (Å²) in [7, 11) is -0.340. The second kappa shape index (κ2) is 11.9. The van der Waals surface area contributed by atoms with Gasteiger partial charge in [-0.25, -0.2) is 0 Å². The zero-order valence-electron chi connectivity index (χ0n) is 21.3. The van der Waals surface area contributed by atoms with Crippen LogP contribution in [-0.4, -0.2) is 42.4 Å². The van der Waals surface area contributed by atoms with Crippen molar-refractivity contribution in [2.45, 2.75) is 87.5 Å². The smallest absolute Gasteiger partial charge is 0.369 e. The molecule has 1 heterocycles. The first kappa shape index (κ1) is 26.0. The summed E-state index contributed by atoms with van der Waals surface area (Å²) < 4.78 is 40.2. The van der Waals surface area contributed by atoms with Gasteiger partial charge in [-0.05, 0) is 66.8 Å². The quantitative estimate of drug-likeness (QED) is 0.355. The highest BCUT2D eigenvalue weighted by atomic mass is 31.1. The Labute approximate surface area is 216 Å². The van der Waals surface area contributed by atoms with Gasteiger partial charge in [-0.2, -0.15) is 13.2 Å². The topological polar surface area (TPSA) is 6.48 Å². The van der Waals surface area contributed by atoms with Crippen LogP contribution in [0.5, 0.6) is 0 Å². The van der Waals surface area contributed by atoms with E-state index in [0.29, 0.717) is 0 Å². The summed E-state index contributed by atoms with van der Waals surface area (Å²) >= 11 is 0. The Hall–Kier alpha value is -1.58. The number of anilines is 1. The summed E-state index contributed by atoms with van der Waals surface area (Å²) in [4.78, 5) is 5.13. The van der Waals surface area contributed by atoms with E-state index in [-0.39, 0.29) is 13.7 Å². The van der Waals surface area contributed by atoms with E-state index in [1.165, 1.54) is 82.0 Å². The predicted molar refractivity (Wildman–Crippen MR) is 145 cm³/mol. The predicted octanol–water partition coefficient (Wildman–Crippen LogP) is 8.67. The fourth-order valence-corrected chi connectivity index (χ4v) is 11.2. The lowest BCUT2D eigenvalue weighted by Crippen LogP contribution is -2.48. The molecule has 0 amide bonds. The monoisotopic (exact) mass is 516 g/mol. The highest BCUT2D eigenvalue weighted by Gasteiger charge is 2.41. The standard InChI is InChI=1S/C30H40F3N2P/c31-30(32,33)25-18-16-24(17-19-25)29(35-22-20-34(21-23-35)26-10-4-1-5-11-26)36(27-12-6-2-7-13-27)28-14-8-3-9-15-28/h1,4-5,10-11,16-19,27-29H,2-3,6-9,12-15,20-23H2. The van der Waals surface area contributed by atoms with Gasteiger partial charge in [-0.1, -0.05) is 76.8 Å². The first-order valence-corrected chi connectivity index (χ1v) is 15.5. The number of para-hydroxylation sites is 1. The Bertz CT molecular complexity index is 911. The van der Waals surface area contributed by atoms with Gasteiger partial charge in [0, 0.05) is 31.9 Å². The Kier molecular flexibility index (Phi) is 8.58. The number of halogens is 3. The molecule has 3 aliphatic rings. The van der Waals surface area contributed by atoms with Gasteiger partial charge in [0.05, 0.1) is 11.3 Å². The van der Waals surface area contributed by atoms with Gasteiger partial charge >= 0.3 is 6.18 Å². The van der Waals surface area contributed by atoms with Crippen molar-refractivity contribution < 1.29 is 13.2 Å². The van der Waals surface area contributed by atoms with Crippen molar-refractivity contribution >= 4 is 13.6 Å². The first-order valence-electron chi connectivity index (χ1n) is 14.0. The van der Waals surface area contributed by atoms with Crippen molar-refractivity contribution in [3.63, 3.8) is 0 Å². The summed E-state index contributed by atoms with van der Waals surface area (Å²) in [5.74, 6) is 0.270. The van der Waals surface area contributed by atoms with Crippen molar-refractivity contribution in [1.82, 2.24) is 4.90 Å². The van der Waals surface area contributed by atoms with Crippen LogP contribution in [0.3, 0.4) is 0 Å². The van der Waals surface area contributed by atoms with Gasteiger partial charge in [-0.3, -0.25) is 4.90 Å². The highest BCUT2D eigenvalue weighted by Crippen LogP contribution is 2.65. The molecule has 2 aromatic rings. The molecule has 2 aliphatic carbocycles. The molecule has 0 aromatic heterocycles. The minimum Gasteiger partial charge on any atom is -0.369 e. The molecule has 3 fully saturated rings. The molecule has 2 nitrogen and oxygen atoms in total. The third-order valence-corrected chi connectivity index (χ3v) is 12.5. The molecule has 36 heavy (non-hydrogen) atoms. The first-order chi connectivity index (χ1) is 17.5. The maximum atomic E-state index is 13.4. The summed E-state index contributed by atoms with van der Waals surface area (Å²) in [5, 5.41) is 0. The lowest BCUT2D eigenvalue weighted by Gasteiger charge is -2.49. The minimum atomic E-state index is -4.28. The number of hydrogen-bond acceptors (Lipinski definition) is 2. The second-order valence-electron chi connectivity index (χ2n) is 10.9. The zero-order valence-corrected chi connectivity index (χ0v) is 22.2. The van der Waals surface area contributed by atoms with Gasteiger partial charge in [0.2, 0.25) is 0 Å². The lowest BCUT2D eigenvalue weighted by atomic mass is 9.99. The average molecular weight is 517 g/mol. The SMILES string of the molecule is FC(F)(F)c1ccc(C(N2CCN(c3ccccc3)CC2)P(C2CCCCC2)C2CCCCC2)cc1. The molecule has 1 saturated heterocycles. The molecule has 2 saturated carbocycles. The van der Waals surface area contributed by atoms with Crippen LogP contribution >= 0.6 is 7.92 Å². The van der Waals surface area contributed by atoms with E-state index >= 15 is 0 Å². The van der Waals surface area contributed by atoms with Crippen LogP contribution in [0.2, 0.25) is 0 Å². The molecule has 0 spiro atoms. The van der Waals surface area contributed by atoms with E-state index in [4.69, 9.17) is 0 Å². The molecule has 1 atom stereocenters. The van der Waals surface area contributed by atoms with Crippen LogP contribution in [0.4, 0.5) is 18.9 Å².